The number of allylic oxidation sites excluding steroid dienone is 2. The molecule has 6 rings (SSSR count). The number of nitrogens with zero attached hydrogens (tertiary/aromatic N) is 3. The standard InChI is InChI=1S/C21H24FN3O/c1-24-7-5-16(6-8-24)20-12-21(13-20,14-20)25-9-4-15(10-19(25)26)18-3-2-17(22)11-23-18/h2-3,5-7,11,15H,4,8-10,12-14H2,1H3. The Morgan fingerprint density at radius 2 is 2.08 bits per heavy atom. The first-order chi connectivity index (χ1) is 12.5. The van der Waals surface area contributed by atoms with Crippen molar-refractivity contribution < 1.29 is 9.18 Å². The molecule has 1 unspecified atom stereocenters. The van der Waals surface area contributed by atoms with Gasteiger partial charge in [-0.25, -0.2) is 4.39 Å². The van der Waals surface area contributed by atoms with Crippen molar-refractivity contribution in [3.63, 3.8) is 0 Å². The van der Waals surface area contributed by atoms with Crippen LogP contribution in [0.5, 0.6) is 0 Å². The van der Waals surface area contributed by atoms with Crippen LogP contribution in [0.2, 0.25) is 0 Å². The van der Waals surface area contributed by atoms with Gasteiger partial charge in [-0.1, -0.05) is 6.08 Å². The van der Waals surface area contributed by atoms with Crippen molar-refractivity contribution in [3.8, 4) is 0 Å². The highest BCUT2D eigenvalue weighted by Gasteiger charge is 2.72. The van der Waals surface area contributed by atoms with E-state index >= 15 is 0 Å². The van der Waals surface area contributed by atoms with Gasteiger partial charge >= 0.3 is 0 Å². The van der Waals surface area contributed by atoms with Gasteiger partial charge in [0.2, 0.25) is 5.91 Å². The molecule has 2 bridgehead atoms. The molecule has 1 atom stereocenters. The molecule has 3 heterocycles. The third kappa shape index (κ3) is 2.25. The summed E-state index contributed by atoms with van der Waals surface area (Å²) in [6.45, 7) is 1.78. The minimum atomic E-state index is -0.325. The van der Waals surface area contributed by atoms with Gasteiger partial charge in [-0.15, -0.1) is 0 Å². The molecule has 1 aromatic heterocycles. The number of piperidine rings is 1. The summed E-state index contributed by atoms with van der Waals surface area (Å²) in [5.74, 6) is 0.0442. The number of likely N-dealkylation sites (N-methyl/N-ethyl adjacent to an activating group) is 1. The predicted octanol–water partition coefficient (Wildman–Crippen LogP) is 3.23. The Hall–Kier alpha value is -2.17. The molecule has 0 spiro atoms. The predicted molar refractivity (Wildman–Crippen MR) is 96.8 cm³/mol. The zero-order chi connectivity index (χ0) is 17.9. The molecule has 0 N–H and O–H groups in total. The van der Waals surface area contributed by atoms with Gasteiger partial charge in [0.1, 0.15) is 5.82 Å². The van der Waals surface area contributed by atoms with E-state index in [1.807, 2.05) is 0 Å². The second kappa shape index (κ2) is 5.41. The topological polar surface area (TPSA) is 36.4 Å². The van der Waals surface area contributed by atoms with Gasteiger partial charge in [0.15, 0.2) is 0 Å². The Morgan fingerprint density at radius 3 is 2.69 bits per heavy atom. The van der Waals surface area contributed by atoms with Gasteiger partial charge in [0.05, 0.1) is 6.20 Å². The summed E-state index contributed by atoms with van der Waals surface area (Å²) in [4.78, 5) is 21.3. The molecule has 3 aliphatic carbocycles. The monoisotopic (exact) mass is 353 g/mol. The first kappa shape index (κ1) is 16.0. The molecule has 3 saturated carbocycles. The van der Waals surface area contributed by atoms with Crippen molar-refractivity contribution in [1.29, 1.82) is 0 Å². The number of pyridine rings is 1. The lowest BCUT2D eigenvalue weighted by Gasteiger charge is -2.75. The van der Waals surface area contributed by atoms with E-state index in [-0.39, 0.29) is 23.2 Å². The molecular weight excluding hydrogens is 329 g/mol. The summed E-state index contributed by atoms with van der Waals surface area (Å²) in [6, 6.07) is 3.16. The van der Waals surface area contributed by atoms with E-state index in [0.717, 1.165) is 44.5 Å². The smallest absolute Gasteiger partial charge is 0.223 e. The Labute approximate surface area is 153 Å². The van der Waals surface area contributed by atoms with Crippen LogP contribution in [0.4, 0.5) is 4.39 Å². The maximum absolute atomic E-state index is 13.1. The Balaban J connectivity index is 1.23. The van der Waals surface area contributed by atoms with Crippen LogP contribution < -0.4 is 0 Å². The number of amides is 1. The lowest BCUT2D eigenvalue weighted by Crippen LogP contribution is -2.76. The van der Waals surface area contributed by atoms with Gasteiger partial charge in [-0.2, -0.15) is 0 Å². The summed E-state index contributed by atoms with van der Waals surface area (Å²) in [7, 11) is 2.09. The van der Waals surface area contributed by atoms with Crippen molar-refractivity contribution in [1.82, 2.24) is 14.8 Å². The fourth-order valence-electron chi connectivity index (χ4n) is 5.51. The van der Waals surface area contributed by atoms with Crippen LogP contribution in [0.3, 0.4) is 0 Å². The number of aromatic nitrogens is 1. The second-order valence-corrected chi connectivity index (χ2v) is 8.59. The van der Waals surface area contributed by atoms with Gasteiger partial charge in [-0.05, 0) is 55.7 Å². The second-order valence-electron chi connectivity index (χ2n) is 8.59. The van der Waals surface area contributed by atoms with E-state index in [1.165, 1.54) is 17.8 Å². The zero-order valence-corrected chi connectivity index (χ0v) is 15.1. The maximum Gasteiger partial charge on any atom is 0.223 e. The summed E-state index contributed by atoms with van der Waals surface area (Å²) >= 11 is 0. The van der Waals surface area contributed by atoms with Crippen molar-refractivity contribution in [2.75, 3.05) is 20.1 Å². The molecular formula is C21H24FN3O. The van der Waals surface area contributed by atoms with Crippen LogP contribution in [0.1, 0.15) is 43.7 Å². The van der Waals surface area contributed by atoms with Crippen molar-refractivity contribution in [3.05, 3.63) is 53.8 Å². The highest BCUT2D eigenvalue weighted by Crippen LogP contribution is 2.73. The van der Waals surface area contributed by atoms with E-state index in [4.69, 9.17) is 0 Å². The van der Waals surface area contributed by atoms with Crippen molar-refractivity contribution in [2.24, 2.45) is 5.41 Å². The minimum absolute atomic E-state index is 0.107. The Morgan fingerprint density at radius 1 is 1.27 bits per heavy atom. The van der Waals surface area contributed by atoms with Crippen LogP contribution in [0.15, 0.2) is 42.3 Å². The van der Waals surface area contributed by atoms with E-state index in [0.29, 0.717) is 11.8 Å². The zero-order valence-electron chi connectivity index (χ0n) is 15.1. The first-order valence-corrected chi connectivity index (χ1v) is 9.51. The Bertz CT molecular complexity index is 793. The van der Waals surface area contributed by atoms with Gasteiger partial charge in [0, 0.05) is 49.1 Å². The molecule has 136 valence electrons. The molecule has 5 heteroatoms. The molecule has 1 amide bonds. The number of hydrogen-bond donors (Lipinski definition) is 0. The summed E-state index contributed by atoms with van der Waals surface area (Å²) in [6.07, 6.45) is 12.8. The molecule has 26 heavy (non-hydrogen) atoms. The molecule has 4 fully saturated rings. The van der Waals surface area contributed by atoms with E-state index in [9.17, 15) is 9.18 Å². The van der Waals surface area contributed by atoms with Crippen LogP contribution in [-0.4, -0.2) is 46.4 Å². The van der Waals surface area contributed by atoms with Crippen LogP contribution in [0.25, 0.3) is 0 Å². The fourth-order valence-corrected chi connectivity index (χ4v) is 5.51. The SMILES string of the molecule is CN1C=CC(C23CC(N4CCC(c5ccc(F)cn5)CC4=O)(C2)C3)=CC1. The molecule has 4 nitrogen and oxygen atoms in total. The maximum atomic E-state index is 13.1. The average molecular weight is 353 g/mol. The Kier molecular flexibility index (Phi) is 3.34. The molecule has 1 aromatic rings. The number of carbonyl (C=O) groups excluding carboxylic acids is 1. The van der Waals surface area contributed by atoms with Crippen LogP contribution in [-0.2, 0) is 4.79 Å². The average Bonchev–Trinajstić information content (AvgIpc) is 2.56. The molecule has 2 aliphatic heterocycles. The van der Waals surface area contributed by atoms with E-state index < -0.39 is 0 Å². The summed E-state index contributed by atoms with van der Waals surface area (Å²) in [5, 5.41) is 0. The first-order valence-electron chi connectivity index (χ1n) is 9.51. The number of rotatable bonds is 3. The van der Waals surface area contributed by atoms with Gasteiger partial charge < -0.3 is 9.80 Å². The highest BCUT2D eigenvalue weighted by molar-refractivity contribution is 5.80. The molecule has 1 saturated heterocycles. The normalized spacial score (nSPS) is 35.7. The molecule has 5 aliphatic rings. The van der Waals surface area contributed by atoms with E-state index in [2.05, 4.69) is 40.2 Å². The van der Waals surface area contributed by atoms with E-state index in [1.54, 1.807) is 6.07 Å². The third-order valence-corrected chi connectivity index (χ3v) is 6.89. The van der Waals surface area contributed by atoms with Gasteiger partial charge in [-0.3, -0.25) is 9.78 Å². The fraction of sp³-hybridized carbons (Fsp3) is 0.524. The quantitative estimate of drug-likeness (QED) is 0.837. The number of hydrogen-bond acceptors (Lipinski definition) is 3. The van der Waals surface area contributed by atoms with Crippen molar-refractivity contribution in [2.45, 2.75) is 43.6 Å². The number of likely N-dealkylation sites (tertiary alicyclic amines) is 1. The summed E-state index contributed by atoms with van der Waals surface area (Å²) < 4.78 is 13.1. The van der Waals surface area contributed by atoms with Crippen LogP contribution in [0, 0.1) is 11.2 Å². The highest BCUT2D eigenvalue weighted by atomic mass is 19.1. The third-order valence-electron chi connectivity index (χ3n) is 6.89. The molecule has 0 radical (unpaired) electrons. The lowest BCUT2D eigenvalue weighted by atomic mass is 9.36. The summed E-state index contributed by atoms with van der Waals surface area (Å²) in [5.41, 5.74) is 2.74. The van der Waals surface area contributed by atoms with Crippen LogP contribution >= 0.6 is 0 Å². The largest absolute Gasteiger partial charge is 0.377 e. The lowest BCUT2D eigenvalue weighted by molar-refractivity contribution is -0.206. The minimum Gasteiger partial charge on any atom is -0.377 e. The van der Waals surface area contributed by atoms with Crippen molar-refractivity contribution >= 4 is 5.91 Å². The molecule has 0 aromatic carbocycles. The number of halogens is 1. The number of carbonyl (C=O) groups is 1. The van der Waals surface area contributed by atoms with Gasteiger partial charge in [0.25, 0.3) is 0 Å².